The van der Waals surface area contributed by atoms with Gasteiger partial charge in [-0.2, -0.15) is 9.67 Å². The minimum atomic E-state index is 0.257. The summed E-state index contributed by atoms with van der Waals surface area (Å²) in [5, 5.41) is 14.2. The normalized spacial score (nSPS) is 11.1. The molecule has 0 saturated carbocycles. The largest absolute Gasteiger partial charge is 0.382 e. The van der Waals surface area contributed by atoms with E-state index >= 15 is 0 Å². The van der Waals surface area contributed by atoms with E-state index in [1.807, 2.05) is 49.6 Å². The molecule has 0 aliphatic heterocycles. The van der Waals surface area contributed by atoms with Crippen LogP contribution in [0, 0.1) is 13.8 Å². The lowest BCUT2D eigenvalue weighted by Gasteiger charge is -2.08. The number of hydrogen-bond donors (Lipinski definition) is 1. The van der Waals surface area contributed by atoms with Crippen LogP contribution in [0.25, 0.3) is 28.0 Å². The van der Waals surface area contributed by atoms with Crippen molar-refractivity contribution in [2.75, 3.05) is 5.73 Å². The standard InChI is InChI=1S/C16H14N6OS/c1-9-5-3-6-11(10(9)2)22-14(17)13(19-21-22)16-18-15(20-23-16)12-7-4-8-24-12/h3-8H,17H2,1-2H3. The van der Waals surface area contributed by atoms with Crippen molar-refractivity contribution in [2.24, 2.45) is 0 Å². The van der Waals surface area contributed by atoms with Crippen molar-refractivity contribution in [1.82, 2.24) is 25.1 Å². The van der Waals surface area contributed by atoms with Gasteiger partial charge < -0.3 is 10.3 Å². The second kappa shape index (κ2) is 5.57. The van der Waals surface area contributed by atoms with Gasteiger partial charge in [0.2, 0.25) is 5.82 Å². The van der Waals surface area contributed by atoms with Gasteiger partial charge in [-0.05, 0) is 42.5 Å². The van der Waals surface area contributed by atoms with Gasteiger partial charge in [-0.3, -0.25) is 0 Å². The van der Waals surface area contributed by atoms with Crippen LogP contribution in [-0.2, 0) is 0 Å². The Morgan fingerprint density at radius 3 is 2.83 bits per heavy atom. The quantitative estimate of drug-likeness (QED) is 0.616. The van der Waals surface area contributed by atoms with Crippen molar-refractivity contribution in [1.29, 1.82) is 0 Å². The summed E-state index contributed by atoms with van der Waals surface area (Å²) in [6.45, 7) is 4.06. The Hall–Kier alpha value is -3.00. The maximum Gasteiger partial charge on any atom is 0.282 e. The predicted octanol–water partition coefficient (Wildman–Crippen LogP) is 3.24. The molecule has 0 saturated heterocycles. The molecule has 1 aromatic carbocycles. The zero-order valence-electron chi connectivity index (χ0n) is 13.1. The highest BCUT2D eigenvalue weighted by Crippen LogP contribution is 2.29. The van der Waals surface area contributed by atoms with Crippen LogP contribution < -0.4 is 5.73 Å². The van der Waals surface area contributed by atoms with E-state index in [1.54, 1.807) is 4.68 Å². The lowest BCUT2D eigenvalue weighted by molar-refractivity contribution is 0.431. The molecule has 3 aromatic heterocycles. The molecule has 2 N–H and O–H groups in total. The van der Waals surface area contributed by atoms with Crippen LogP contribution in [0.3, 0.4) is 0 Å². The highest BCUT2D eigenvalue weighted by molar-refractivity contribution is 7.13. The Bertz CT molecular complexity index is 1000. The van der Waals surface area contributed by atoms with Gasteiger partial charge in [0.15, 0.2) is 11.5 Å². The van der Waals surface area contributed by atoms with E-state index in [9.17, 15) is 0 Å². The zero-order valence-corrected chi connectivity index (χ0v) is 13.9. The zero-order chi connectivity index (χ0) is 16.7. The molecule has 0 radical (unpaired) electrons. The first-order valence-electron chi connectivity index (χ1n) is 7.31. The fraction of sp³-hybridized carbons (Fsp3) is 0.125. The van der Waals surface area contributed by atoms with E-state index in [0.29, 0.717) is 17.3 Å². The third-order valence-corrected chi connectivity index (χ3v) is 4.75. The number of anilines is 1. The maximum atomic E-state index is 6.23. The number of aryl methyl sites for hydroxylation is 1. The second-order valence-corrected chi connectivity index (χ2v) is 6.30. The van der Waals surface area contributed by atoms with Crippen molar-refractivity contribution in [2.45, 2.75) is 13.8 Å². The molecule has 120 valence electrons. The van der Waals surface area contributed by atoms with Gasteiger partial charge in [-0.15, -0.1) is 16.4 Å². The van der Waals surface area contributed by atoms with Gasteiger partial charge in [0.1, 0.15) is 0 Å². The number of benzene rings is 1. The molecule has 0 unspecified atom stereocenters. The van der Waals surface area contributed by atoms with Crippen molar-refractivity contribution in [3.05, 3.63) is 46.8 Å². The third kappa shape index (κ3) is 2.28. The summed E-state index contributed by atoms with van der Waals surface area (Å²) in [5.74, 6) is 1.14. The lowest BCUT2D eigenvalue weighted by atomic mass is 10.1. The molecule has 0 atom stereocenters. The Labute approximate surface area is 141 Å². The fourth-order valence-electron chi connectivity index (χ4n) is 2.41. The molecule has 0 fully saturated rings. The summed E-state index contributed by atoms with van der Waals surface area (Å²) in [5.41, 5.74) is 9.73. The number of hydrogen-bond acceptors (Lipinski definition) is 7. The summed E-state index contributed by atoms with van der Waals surface area (Å²) in [6, 6.07) is 9.80. The second-order valence-electron chi connectivity index (χ2n) is 5.35. The summed E-state index contributed by atoms with van der Waals surface area (Å²) in [4.78, 5) is 5.29. The van der Waals surface area contributed by atoms with Crippen LogP contribution >= 0.6 is 11.3 Å². The highest BCUT2D eigenvalue weighted by Gasteiger charge is 2.20. The monoisotopic (exact) mass is 338 g/mol. The minimum Gasteiger partial charge on any atom is -0.382 e. The predicted molar refractivity (Wildman–Crippen MR) is 91.9 cm³/mol. The molecule has 4 rings (SSSR count). The SMILES string of the molecule is Cc1cccc(-n2nnc(-c3nc(-c4cccs4)no3)c2N)c1C. The lowest BCUT2D eigenvalue weighted by Crippen LogP contribution is -2.05. The van der Waals surface area contributed by atoms with E-state index < -0.39 is 0 Å². The Kier molecular flexibility index (Phi) is 3.39. The van der Waals surface area contributed by atoms with Crippen LogP contribution in [-0.4, -0.2) is 25.1 Å². The van der Waals surface area contributed by atoms with Gasteiger partial charge >= 0.3 is 0 Å². The van der Waals surface area contributed by atoms with Gasteiger partial charge in [0.05, 0.1) is 10.6 Å². The van der Waals surface area contributed by atoms with Crippen LogP contribution in [0.4, 0.5) is 5.82 Å². The van der Waals surface area contributed by atoms with Crippen LogP contribution in [0.1, 0.15) is 11.1 Å². The van der Waals surface area contributed by atoms with Gasteiger partial charge in [-0.1, -0.05) is 28.6 Å². The molecule has 0 bridgehead atoms. The molecule has 0 aliphatic rings. The molecular weight excluding hydrogens is 324 g/mol. The number of thiophene rings is 1. The van der Waals surface area contributed by atoms with Gasteiger partial charge in [-0.25, -0.2) is 0 Å². The molecule has 0 amide bonds. The third-order valence-electron chi connectivity index (χ3n) is 3.88. The summed E-state index contributed by atoms with van der Waals surface area (Å²) in [7, 11) is 0. The molecule has 4 aromatic rings. The van der Waals surface area contributed by atoms with Crippen molar-refractivity contribution in [3.8, 4) is 28.0 Å². The highest BCUT2D eigenvalue weighted by atomic mass is 32.1. The Morgan fingerprint density at radius 1 is 1.17 bits per heavy atom. The van der Waals surface area contributed by atoms with E-state index in [2.05, 4.69) is 20.5 Å². The average Bonchev–Trinajstić information content (AvgIpc) is 3.30. The van der Waals surface area contributed by atoms with Crippen LogP contribution in [0.2, 0.25) is 0 Å². The molecule has 24 heavy (non-hydrogen) atoms. The summed E-state index contributed by atoms with van der Waals surface area (Å²) < 4.78 is 6.90. The molecule has 8 heteroatoms. The van der Waals surface area contributed by atoms with Gasteiger partial charge in [0, 0.05) is 0 Å². The van der Waals surface area contributed by atoms with E-state index in [1.165, 1.54) is 11.3 Å². The first-order valence-corrected chi connectivity index (χ1v) is 8.19. The first kappa shape index (κ1) is 14.6. The minimum absolute atomic E-state index is 0.257. The van der Waals surface area contributed by atoms with Crippen molar-refractivity contribution >= 4 is 17.2 Å². The summed E-state index contributed by atoms with van der Waals surface area (Å²) in [6.07, 6.45) is 0. The molecular formula is C16H14N6OS. The maximum absolute atomic E-state index is 6.23. The number of rotatable bonds is 3. The average molecular weight is 338 g/mol. The van der Waals surface area contributed by atoms with E-state index in [0.717, 1.165) is 21.7 Å². The number of nitrogen functional groups attached to an aromatic ring is 1. The van der Waals surface area contributed by atoms with Crippen molar-refractivity contribution in [3.63, 3.8) is 0 Å². The Morgan fingerprint density at radius 2 is 2.04 bits per heavy atom. The smallest absolute Gasteiger partial charge is 0.282 e. The number of aromatic nitrogens is 5. The molecule has 0 aliphatic carbocycles. The number of nitrogens with two attached hydrogens (primary N) is 1. The van der Waals surface area contributed by atoms with Crippen LogP contribution in [0.5, 0.6) is 0 Å². The van der Waals surface area contributed by atoms with Crippen molar-refractivity contribution < 1.29 is 4.52 Å². The van der Waals surface area contributed by atoms with E-state index in [-0.39, 0.29) is 5.89 Å². The van der Waals surface area contributed by atoms with E-state index in [4.69, 9.17) is 10.3 Å². The number of nitrogens with zero attached hydrogens (tertiary/aromatic N) is 5. The molecule has 3 heterocycles. The fourth-order valence-corrected chi connectivity index (χ4v) is 3.06. The summed E-state index contributed by atoms with van der Waals surface area (Å²) >= 11 is 1.54. The molecule has 7 nitrogen and oxygen atoms in total. The first-order chi connectivity index (χ1) is 11.6. The van der Waals surface area contributed by atoms with Gasteiger partial charge in [0.25, 0.3) is 5.89 Å². The Balaban J connectivity index is 1.76. The van der Waals surface area contributed by atoms with Crippen LogP contribution in [0.15, 0.2) is 40.2 Å². The molecule has 0 spiro atoms. The topological polar surface area (TPSA) is 95.6 Å².